The third kappa shape index (κ3) is 4.07. The molecule has 0 spiro atoms. The first kappa shape index (κ1) is 15.5. The predicted octanol–water partition coefficient (Wildman–Crippen LogP) is 2.38. The molecule has 1 aromatic rings. The van der Waals surface area contributed by atoms with Gasteiger partial charge in [-0.2, -0.15) is 0 Å². The number of carbonyl (C=O) groups excluding carboxylic acids is 1. The zero-order valence-corrected chi connectivity index (χ0v) is 13.3. The van der Waals surface area contributed by atoms with Gasteiger partial charge >= 0.3 is 5.97 Å². The van der Waals surface area contributed by atoms with Crippen LogP contribution in [0, 0.1) is 0 Å². The van der Waals surface area contributed by atoms with Crippen LogP contribution in [-0.4, -0.2) is 42.6 Å². The third-order valence-corrected chi connectivity index (χ3v) is 5.47. The van der Waals surface area contributed by atoms with Crippen LogP contribution >= 0.6 is 23.5 Å². The zero-order chi connectivity index (χ0) is 14.4. The topological polar surface area (TPSA) is 47.6 Å². The lowest BCUT2D eigenvalue weighted by atomic mass is 10.3. The molecule has 2 rings (SSSR count). The van der Waals surface area contributed by atoms with Gasteiger partial charge < -0.3 is 9.47 Å². The molecule has 0 bridgehead atoms. The average molecular weight is 313 g/mol. The molecule has 1 heterocycles. The number of hydrogen-bond acceptors (Lipinski definition) is 6. The minimum Gasteiger partial charge on any atom is -0.496 e. The molecule has 1 aromatic carbocycles. The van der Waals surface area contributed by atoms with Gasteiger partial charge in [0, 0.05) is 16.4 Å². The molecule has 2 atom stereocenters. The van der Waals surface area contributed by atoms with E-state index in [0.717, 1.165) is 22.2 Å². The molecule has 1 fully saturated rings. The molecule has 0 amide bonds. The van der Waals surface area contributed by atoms with E-state index in [9.17, 15) is 4.79 Å². The van der Waals surface area contributed by atoms with Gasteiger partial charge in [-0.15, -0.1) is 23.5 Å². The van der Waals surface area contributed by atoms with Crippen LogP contribution in [0.15, 0.2) is 29.2 Å². The number of esters is 1. The molecule has 2 unspecified atom stereocenters. The summed E-state index contributed by atoms with van der Waals surface area (Å²) >= 11 is 3.50. The Balaban J connectivity index is 1.82. The molecule has 1 aliphatic heterocycles. The number of thioether (sulfide) groups is 2. The molecule has 0 aromatic heterocycles. The largest absolute Gasteiger partial charge is 0.496 e. The minimum absolute atomic E-state index is 0.148. The number of hydrogen-bond donors (Lipinski definition) is 1. The Bertz CT molecular complexity index is 456. The van der Waals surface area contributed by atoms with Gasteiger partial charge in [-0.05, 0) is 19.1 Å². The van der Waals surface area contributed by atoms with Crippen molar-refractivity contribution in [3.63, 3.8) is 0 Å². The summed E-state index contributed by atoms with van der Waals surface area (Å²) in [6, 6.07) is 7.79. The summed E-state index contributed by atoms with van der Waals surface area (Å²) in [5.41, 5.74) is 0. The highest BCUT2D eigenvalue weighted by atomic mass is 32.2. The van der Waals surface area contributed by atoms with E-state index in [4.69, 9.17) is 9.47 Å². The summed E-state index contributed by atoms with van der Waals surface area (Å²) in [5, 5.41) is 3.57. The zero-order valence-electron chi connectivity index (χ0n) is 11.6. The van der Waals surface area contributed by atoms with Crippen LogP contribution in [0.1, 0.15) is 6.92 Å². The molecule has 4 nitrogen and oxygen atoms in total. The first-order chi connectivity index (χ1) is 9.74. The van der Waals surface area contributed by atoms with E-state index in [1.54, 1.807) is 30.6 Å². The van der Waals surface area contributed by atoms with E-state index in [1.807, 2.05) is 31.2 Å². The van der Waals surface area contributed by atoms with Crippen LogP contribution in [-0.2, 0) is 9.53 Å². The molecule has 1 saturated heterocycles. The van der Waals surface area contributed by atoms with E-state index >= 15 is 0 Å². The molecule has 0 aliphatic carbocycles. The minimum atomic E-state index is -0.178. The van der Waals surface area contributed by atoms with Crippen molar-refractivity contribution in [3.05, 3.63) is 24.3 Å². The van der Waals surface area contributed by atoms with Gasteiger partial charge in [0.25, 0.3) is 0 Å². The van der Waals surface area contributed by atoms with Gasteiger partial charge in [-0.25, -0.2) is 0 Å². The SMILES string of the molecule is CCOC(=O)C1CSC(CSc2ccccc2OC)N1. The first-order valence-corrected chi connectivity index (χ1v) is 8.58. The van der Waals surface area contributed by atoms with Crippen molar-refractivity contribution in [1.29, 1.82) is 0 Å². The van der Waals surface area contributed by atoms with Gasteiger partial charge in [-0.3, -0.25) is 10.1 Å². The Labute approximate surface area is 128 Å². The first-order valence-electron chi connectivity index (χ1n) is 6.54. The molecule has 6 heteroatoms. The molecule has 110 valence electrons. The number of ether oxygens (including phenoxy) is 2. The molecular formula is C14H19NO3S2. The summed E-state index contributed by atoms with van der Waals surface area (Å²) in [5.74, 6) is 2.41. The summed E-state index contributed by atoms with van der Waals surface area (Å²) in [6.45, 7) is 2.26. The average Bonchev–Trinajstić information content (AvgIpc) is 2.94. The lowest BCUT2D eigenvalue weighted by Crippen LogP contribution is -2.38. The van der Waals surface area contributed by atoms with Crippen LogP contribution in [0.5, 0.6) is 5.75 Å². The number of benzene rings is 1. The number of rotatable bonds is 6. The van der Waals surface area contributed by atoms with Crippen LogP contribution in [0.2, 0.25) is 0 Å². The van der Waals surface area contributed by atoms with Crippen LogP contribution < -0.4 is 10.1 Å². The second-order valence-corrected chi connectivity index (χ2v) is 6.55. The number of carbonyl (C=O) groups is 1. The Morgan fingerprint density at radius 1 is 1.50 bits per heavy atom. The molecule has 0 saturated carbocycles. The van der Waals surface area contributed by atoms with Crippen molar-refractivity contribution in [1.82, 2.24) is 5.32 Å². The quantitative estimate of drug-likeness (QED) is 0.643. The highest BCUT2D eigenvalue weighted by Crippen LogP contribution is 2.32. The Hall–Kier alpha value is -0.850. The second kappa shape index (κ2) is 7.81. The van der Waals surface area contributed by atoms with Gasteiger partial charge in [0.05, 0.1) is 19.1 Å². The number of methoxy groups -OCH3 is 1. The van der Waals surface area contributed by atoms with Crippen molar-refractivity contribution in [2.45, 2.75) is 23.2 Å². The maximum absolute atomic E-state index is 11.6. The van der Waals surface area contributed by atoms with E-state index in [-0.39, 0.29) is 17.4 Å². The fourth-order valence-corrected chi connectivity index (χ4v) is 4.31. The van der Waals surface area contributed by atoms with Crippen LogP contribution in [0.3, 0.4) is 0 Å². The summed E-state index contributed by atoms with van der Waals surface area (Å²) < 4.78 is 10.4. The van der Waals surface area contributed by atoms with Gasteiger partial charge in [0.1, 0.15) is 11.8 Å². The van der Waals surface area contributed by atoms with E-state index < -0.39 is 0 Å². The highest BCUT2D eigenvalue weighted by Gasteiger charge is 2.30. The number of para-hydroxylation sites is 1. The van der Waals surface area contributed by atoms with Crippen LogP contribution in [0.25, 0.3) is 0 Å². The van der Waals surface area contributed by atoms with Crippen LogP contribution in [0.4, 0.5) is 0 Å². The predicted molar refractivity (Wildman–Crippen MR) is 83.5 cm³/mol. The van der Waals surface area contributed by atoms with E-state index in [1.165, 1.54) is 0 Å². The maximum atomic E-state index is 11.6. The standard InChI is InChI=1S/C14H19NO3S2/c1-3-18-14(16)10-8-20-13(15-10)9-19-12-7-5-4-6-11(12)17-2/h4-7,10,13,15H,3,8-9H2,1-2H3. The highest BCUT2D eigenvalue weighted by molar-refractivity contribution is 8.03. The molecule has 1 N–H and O–H groups in total. The van der Waals surface area contributed by atoms with Crippen molar-refractivity contribution in [3.8, 4) is 5.75 Å². The monoisotopic (exact) mass is 313 g/mol. The fourth-order valence-electron chi connectivity index (χ4n) is 1.91. The van der Waals surface area contributed by atoms with Gasteiger partial charge in [0.15, 0.2) is 0 Å². The van der Waals surface area contributed by atoms with E-state index in [0.29, 0.717) is 6.61 Å². The van der Waals surface area contributed by atoms with Gasteiger partial charge in [-0.1, -0.05) is 12.1 Å². The summed E-state index contributed by atoms with van der Waals surface area (Å²) in [7, 11) is 1.68. The lowest BCUT2D eigenvalue weighted by molar-refractivity contribution is -0.144. The fraction of sp³-hybridized carbons (Fsp3) is 0.500. The Morgan fingerprint density at radius 2 is 2.30 bits per heavy atom. The third-order valence-electron chi connectivity index (χ3n) is 2.88. The Kier molecular flexibility index (Phi) is 6.06. The summed E-state index contributed by atoms with van der Waals surface area (Å²) in [6.07, 6.45) is 0. The summed E-state index contributed by atoms with van der Waals surface area (Å²) in [4.78, 5) is 12.8. The number of nitrogens with one attached hydrogen (secondary N) is 1. The molecule has 20 heavy (non-hydrogen) atoms. The van der Waals surface area contributed by atoms with Crippen molar-refractivity contribution in [2.75, 3.05) is 25.2 Å². The Morgan fingerprint density at radius 3 is 3.05 bits per heavy atom. The lowest BCUT2D eigenvalue weighted by Gasteiger charge is -2.13. The van der Waals surface area contributed by atoms with E-state index in [2.05, 4.69) is 5.32 Å². The normalized spacial score (nSPS) is 21.7. The van der Waals surface area contributed by atoms with Crippen molar-refractivity contribution >= 4 is 29.5 Å². The molecular weight excluding hydrogens is 294 g/mol. The molecule has 1 aliphatic rings. The maximum Gasteiger partial charge on any atom is 0.324 e. The molecule has 0 radical (unpaired) electrons. The van der Waals surface area contributed by atoms with Crippen molar-refractivity contribution in [2.24, 2.45) is 0 Å². The van der Waals surface area contributed by atoms with Gasteiger partial charge in [0.2, 0.25) is 0 Å². The second-order valence-electron chi connectivity index (χ2n) is 4.26. The smallest absolute Gasteiger partial charge is 0.324 e. The van der Waals surface area contributed by atoms with Crippen molar-refractivity contribution < 1.29 is 14.3 Å².